The summed E-state index contributed by atoms with van der Waals surface area (Å²) in [6.07, 6.45) is -0.265. The van der Waals surface area contributed by atoms with Crippen LogP contribution in [0.4, 0.5) is 4.79 Å². The lowest BCUT2D eigenvalue weighted by atomic mass is 9.99. The fourth-order valence-corrected chi connectivity index (χ4v) is 1.64. The molecule has 0 saturated heterocycles. The van der Waals surface area contributed by atoms with Gasteiger partial charge in [-0.1, -0.05) is 37.3 Å². The molecule has 21 heavy (non-hydrogen) atoms. The van der Waals surface area contributed by atoms with E-state index in [1.54, 1.807) is 6.92 Å². The Morgan fingerprint density at radius 2 is 1.90 bits per heavy atom. The minimum absolute atomic E-state index is 0.101. The van der Waals surface area contributed by atoms with Gasteiger partial charge in [0, 0.05) is 6.92 Å². The van der Waals surface area contributed by atoms with E-state index in [-0.39, 0.29) is 19.8 Å². The third kappa shape index (κ3) is 5.83. The van der Waals surface area contributed by atoms with Crippen LogP contribution in [-0.4, -0.2) is 35.9 Å². The Labute approximate surface area is 124 Å². The summed E-state index contributed by atoms with van der Waals surface area (Å²) in [5.74, 6) is -0.472. The van der Waals surface area contributed by atoms with Crippen molar-refractivity contribution in [1.82, 2.24) is 5.32 Å². The molecule has 0 bridgehead atoms. The molecule has 116 valence electrons. The molecule has 0 aliphatic heterocycles. The summed E-state index contributed by atoms with van der Waals surface area (Å²) < 4.78 is 9.98. The molecule has 1 rings (SSSR count). The summed E-state index contributed by atoms with van der Waals surface area (Å²) in [6.45, 7) is 2.72. The second-order valence-electron chi connectivity index (χ2n) is 4.76. The average Bonchev–Trinajstić information content (AvgIpc) is 2.50. The molecular formula is C15H21NO5. The number of hydrogen-bond acceptors (Lipinski definition) is 5. The van der Waals surface area contributed by atoms with Gasteiger partial charge in [0.1, 0.15) is 18.8 Å². The van der Waals surface area contributed by atoms with Crippen molar-refractivity contribution in [1.29, 1.82) is 0 Å². The summed E-state index contributed by atoms with van der Waals surface area (Å²) in [6, 6.07) is 9.25. The summed E-state index contributed by atoms with van der Waals surface area (Å²) >= 11 is 0. The number of alkyl carbamates (subject to hydrolysis) is 1. The lowest BCUT2D eigenvalue weighted by Gasteiger charge is -2.30. The molecule has 0 fully saturated rings. The Kier molecular flexibility index (Phi) is 6.68. The Morgan fingerprint density at radius 1 is 1.24 bits per heavy atom. The Balaban J connectivity index is 2.53. The van der Waals surface area contributed by atoms with E-state index in [1.165, 1.54) is 6.92 Å². The van der Waals surface area contributed by atoms with Crippen LogP contribution < -0.4 is 5.32 Å². The van der Waals surface area contributed by atoms with Crippen molar-refractivity contribution in [3.05, 3.63) is 35.9 Å². The van der Waals surface area contributed by atoms with Crippen LogP contribution in [0.25, 0.3) is 0 Å². The first-order valence-electron chi connectivity index (χ1n) is 6.74. The van der Waals surface area contributed by atoms with Gasteiger partial charge in [-0.3, -0.25) is 4.79 Å². The maximum absolute atomic E-state index is 11.8. The number of aliphatic hydroxyl groups excluding tert-OH is 1. The normalized spacial score (nSPS) is 13.1. The third-order valence-electron chi connectivity index (χ3n) is 3.11. The summed E-state index contributed by atoms with van der Waals surface area (Å²) in [5, 5.41) is 12.0. The lowest BCUT2D eigenvalue weighted by Crippen LogP contribution is -2.54. The molecular weight excluding hydrogens is 274 g/mol. The van der Waals surface area contributed by atoms with Crippen molar-refractivity contribution in [3.63, 3.8) is 0 Å². The van der Waals surface area contributed by atoms with E-state index in [9.17, 15) is 14.7 Å². The minimum Gasteiger partial charge on any atom is -0.463 e. The van der Waals surface area contributed by atoms with Crippen LogP contribution in [0.3, 0.4) is 0 Å². The fourth-order valence-electron chi connectivity index (χ4n) is 1.64. The van der Waals surface area contributed by atoms with Crippen LogP contribution in [0.2, 0.25) is 0 Å². The molecule has 6 nitrogen and oxygen atoms in total. The topological polar surface area (TPSA) is 84.9 Å². The van der Waals surface area contributed by atoms with Crippen LogP contribution in [0.15, 0.2) is 30.3 Å². The first kappa shape index (κ1) is 17.0. The molecule has 0 heterocycles. The number of carbonyl (C=O) groups excluding carboxylic acids is 2. The maximum atomic E-state index is 11.8. The number of carbonyl (C=O) groups is 2. The quantitative estimate of drug-likeness (QED) is 0.747. The van der Waals surface area contributed by atoms with Crippen molar-refractivity contribution in [2.45, 2.75) is 32.4 Å². The Hall–Kier alpha value is -2.08. The first-order chi connectivity index (χ1) is 10.0. The molecule has 0 radical (unpaired) electrons. The van der Waals surface area contributed by atoms with Crippen molar-refractivity contribution >= 4 is 12.1 Å². The van der Waals surface area contributed by atoms with E-state index < -0.39 is 17.6 Å². The molecule has 1 amide bonds. The number of ether oxygens (including phenoxy) is 2. The highest BCUT2D eigenvalue weighted by Crippen LogP contribution is 2.11. The summed E-state index contributed by atoms with van der Waals surface area (Å²) in [5.41, 5.74) is -0.168. The van der Waals surface area contributed by atoms with Gasteiger partial charge in [-0.15, -0.1) is 0 Å². The van der Waals surface area contributed by atoms with Crippen LogP contribution in [0, 0.1) is 0 Å². The van der Waals surface area contributed by atoms with Crippen molar-refractivity contribution in [2.75, 3.05) is 13.2 Å². The smallest absolute Gasteiger partial charge is 0.408 e. The van der Waals surface area contributed by atoms with E-state index in [0.29, 0.717) is 6.42 Å². The van der Waals surface area contributed by atoms with Crippen LogP contribution in [-0.2, 0) is 20.9 Å². The number of amides is 1. The third-order valence-corrected chi connectivity index (χ3v) is 3.11. The van der Waals surface area contributed by atoms with Crippen molar-refractivity contribution in [3.8, 4) is 0 Å². The molecule has 0 spiro atoms. The average molecular weight is 295 g/mol. The number of nitrogens with one attached hydrogen (secondary N) is 1. The highest BCUT2D eigenvalue weighted by atomic mass is 16.6. The summed E-state index contributed by atoms with van der Waals surface area (Å²) in [7, 11) is 0. The van der Waals surface area contributed by atoms with Gasteiger partial charge in [-0.2, -0.15) is 0 Å². The highest BCUT2D eigenvalue weighted by Gasteiger charge is 2.31. The number of hydrogen-bond donors (Lipinski definition) is 2. The van der Waals surface area contributed by atoms with Gasteiger partial charge in [-0.05, 0) is 12.0 Å². The maximum Gasteiger partial charge on any atom is 0.408 e. The number of aliphatic hydroxyl groups is 1. The van der Waals surface area contributed by atoms with Crippen LogP contribution in [0.5, 0.6) is 0 Å². The van der Waals surface area contributed by atoms with Crippen molar-refractivity contribution in [2.24, 2.45) is 0 Å². The molecule has 1 aromatic carbocycles. The molecule has 0 aromatic heterocycles. The van der Waals surface area contributed by atoms with Gasteiger partial charge in [0.05, 0.1) is 6.61 Å². The molecule has 1 aromatic rings. The molecule has 0 aliphatic rings. The van der Waals surface area contributed by atoms with Crippen LogP contribution >= 0.6 is 0 Å². The SMILES string of the molecule is CC[C@](CO)(COC(C)=O)NC(=O)OCc1ccccc1. The lowest BCUT2D eigenvalue weighted by molar-refractivity contribution is -0.143. The Morgan fingerprint density at radius 3 is 2.43 bits per heavy atom. The highest BCUT2D eigenvalue weighted by molar-refractivity contribution is 5.69. The zero-order chi connectivity index (χ0) is 15.7. The standard InChI is InChI=1S/C15H21NO5/c1-3-15(10-17,11-21-12(2)18)16-14(19)20-9-13-7-5-4-6-8-13/h4-8,17H,3,9-11H2,1-2H3,(H,16,19)/t15-/m0/s1. The van der Waals surface area contributed by atoms with E-state index in [0.717, 1.165) is 5.56 Å². The predicted octanol–water partition coefficient (Wildman–Crippen LogP) is 1.62. The van der Waals surface area contributed by atoms with Crippen LogP contribution in [0.1, 0.15) is 25.8 Å². The van der Waals surface area contributed by atoms with E-state index in [2.05, 4.69) is 5.32 Å². The first-order valence-corrected chi connectivity index (χ1v) is 6.74. The van der Waals surface area contributed by atoms with Gasteiger partial charge < -0.3 is 19.9 Å². The largest absolute Gasteiger partial charge is 0.463 e. The van der Waals surface area contributed by atoms with E-state index >= 15 is 0 Å². The minimum atomic E-state index is -1.03. The fraction of sp³-hybridized carbons (Fsp3) is 0.467. The molecule has 0 aliphatic carbocycles. The van der Waals surface area contributed by atoms with Gasteiger partial charge >= 0.3 is 12.1 Å². The number of benzene rings is 1. The zero-order valence-electron chi connectivity index (χ0n) is 12.3. The van der Waals surface area contributed by atoms with E-state index in [1.807, 2.05) is 30.3 Å². The van der Waals surface area contributed by atoms with E-state index in [4.69, 9.17) is 9.47 Å². The van der Waals surface area contributed by atoms with Gasteiger partial charge in [0.15, 0.2) is 0 Å². The number of esters is 1. The second kappa shape index (κ2) is 8.26. The van der Waals surface area contributed by atoms with Gasteiger partial charge in [0.25, 0.3) is 0 Å². The molecule has 0 saturated carbocycles. The summed E-state index contributed by atoms with van der Waals surface area (Å²) in [4.78, 5) is 22.7. The molecule has 6 heteroatoms. The number of rotatable bonds is 7. The second-order valence-corrected chi connectivity index (χ2v) is 4.76. The predicted molar refractivity (Wildman–Crippen MR) is 76.5 cm³/mol. The molecule has 2 N–H and O–H groups in total. The zero-order valence-corrected chi connectivity index (χ0v) is 12.3. The Bertz CT molecular complexity index is 456. The van der Waals surface area contributed by atoms with Gasteiger partial charge in [-0.25, -0.2) is 4.79 Å². The monoisotopic (exact) mass is 295 g/mol. The molecule has 1 atom stereocenters. The van der Waals surface area contributed by atoms with Gasteiger partial charge in [0.2, 0.25) is 0 Å². The van der Waals surface area contributed by atoms with Crippen molar-refractivity contribution < 1.29 is 24.2 Å². The molecule has 0 unspecified atom stereocenters.